The first-order chi connectivity index (χ1) is 13.9. The lowest BCUT2D eigenvalue weighted by atomic mass is 10.2. The largest absolute Gasteiger partial charge is 0.491 e. The molecular weight excluding hydrogens is 364 g/mol. The van der Waals surface area contributed by atoms with Crippen LogP contribution in [0.15, 0.2) is 60.7 Å². The maximum Gasteiger partial charge on any atom is 0.274 e. The summed E-state index contributed by atoms with van der Waals surface area (Å²) in [5, 5.41) is 2.88. The topological polar surface area (TPSA) is 67.3 Å². The van der Waals surface area contributed by atoms with Crippen molar-refractivity contribution >= 4 is 17.5 Å². The van der Waals surface area contributed by atoms with E-state index in [0.717, 1.165) is 17.0 Å². The first kappa shape index (κ1) is 20.3. The zero-order chi connectivity index (χ0) is 20.8. The number of aromatic nitrogens is 2. The lowest BCUT2D eigenvalue weighted by molar-refractivity contribution is 0.102. The van der Waals surface area contributed by atoms with Gasteiger partial charge in [-0.05, 0) is 56.7 Å². The number of nitrogens with zero attached hydrogens (tertiary/aromatic N) is 3. The Morgan fingerprint density at radius 3 is 2.41 bits per heavy atom. The lowest BCUT2D eigenvalue weighted by Crippen LogP contribution is -2.22. The number of carbonyl (C=O) groups is 1. The summed E-state index contributed by atoms with van der Waals surface area (Å²) >= 11 is 0. The van der Waals surface area contributed by atoms with Gasteiger partial charge in [0.25, 0.3) is 5.91 Å². The van der Waals surface area contributed by atoms with E-state index in [9.17, 15) is 4.79 Å². The van der Waals surface area contributed by atoms with Crippen molar-refractivity contribution in [3.8, 4) is 5.75 Å². The zero-order valence-corrected chi connectivity index (χ0v) is 17.2. The number of benzene rings is 2. The number of hydrogen-bond donors (Lipinski definition) is 1. The Hall–Kier alpha value is -3.41. The minimum absolute atomic E-state index is 0.103. The molecule has 0 aliphatic heterocycles. The molecule has 0 aliphatic rings. The molecular formula is C23H26N4O2. The number of amides is 1. The Bertz CT molecular complexity index is 956. The average Bonchev–Trinajstić information content (AvgIpc) is 2.69. The van der Waals surface area contributed by atoms with Gasteiger partial charge in [0.05, 0.1) is 6.10 Å². The molecule has 6 nitrogen and oxygen atoms in total. The lowest BCUT2D eigenvalue weighted by Gasteiger charge is -2.18. The van der Waals surface area contributed by atoms with Crippen LogP contribution in [0.1, 0.15) is 35.6 Å². The van der Waals surface area contributed by atoms with E-state index in [1.807, 2.05) is 87.3 Å². The van der Waals surface area contributed by atoms with Gasteiger partial charge in [-0.3, -0.25) is 4.79 Å². The molecule has 1 amide bonds. The molecule has 2 aromatic carbocycles. The summed E-state index contributed by atoms with van der Waals surface area (Å²) in [5.41, 5.74) is 2.90. The molecule has 0 unspecified atom stereocenters. The van der Waals surface area contributed by atoms with Gasteiger partial charge in [0, 0.05) is 25.0 Å². The minimum atomic E-state index is -0.276. The van der Waals surface area contributed by atoms with Gasteiger partial charge in [-0.15, -0.1) is 0 Å². The van der Waals surface area contributed by atoms with Crippen LogP contribution in [0, 0.1) is 6.92 Å². The molecule has 0 bridgehead atoms. The van der Waals surface area contributed by atoms with E-state index in [4.69, 9.17) is 4.74 Å². The van der Waals surface area contributed by atoms with E-state index in [-0.39, 0.29) is 12.0 Å². The average molecular weight is 390 g/mol. The predicted octanol–water partition coefficient (Wildman–Crippen LogP) is 4.46. The van der Waals surface area contributed by atoms with Gasteiger partial charge in [-0.2, -0.15) is 0 Å². The Morgan fingerprint density at radius 1 is 1.07 bits per heavy atom. The van der Waals surface area contributed by atoms with Crippen LogP contribution in [0.5, 0.6) is 5.75 Å². The minimum Gasteiger partial charge on any atom is -0.491 e. The van der Waals surface area contributed by atoms with Crippen molar-refractivity contribution in [2.45, 2.75) is 33.4 Å². The Morgan fingerprint density at radius 2 is 1.76 bits per heavy atom. The van der Waals surface area contributed by atoms with Crippen LogP contribution in [0.3, 0.4) is 0 Å². The van der Waals surface area contributed by atoms with Crippen LogP contribution >= 0.6 is 0 Å². The predicted molar refractivity (Wildman–Crippen MR) is 115 cm³/mol. The van der Waals surface area contributed by atoms with Gasteiger partial charge >= 0.3 is 0 Å². The van der Waals surface area contributed by atoms with Crippen LogP contribution < -0.4 is 15.0 Å². The van der Waals surface area contributed by atoms with Crippen molar-refractivity contribution in [3.05, 3.63) is 77.6 Å². The summed E-state index contributed by atoms with van der Waals surface area (Å²) in [6.07, 6.45) is 0.103. The van der Waals surface area contributed by atoms with Crippen molar-refractivity contribution in [3.63, 3.8) is 0 Å². The highest BCUT2D eigenvalue weighted by Crippen LogP contribution is 2.18. The maximum absolute atomic E-state index is 12.7. The number of carbonyl (C=O) groups excluding carboxylic acids is 1. The van der Waals surface area contributed by atoms with Crippen molar-refractivity contribution in [2.24, 2.45) is 0 Å². The monoisotopic (exact) mass is 390 g/mol. The smallest absolute Gasteiger partial charge is 0.274 e. The molecule has 29 heavy (non-hydrogen) atoms. The molecule has 0 saturated heterocycles. The second-order valence-corrected chi connectivity index (χ2v) is 7.18. The summed E-state index contributed by atoms with van der Waals surface area (Å²) < 4.78 is 5.63. The Labute approximate surface area is 171 Å². The summed E-state index contributed by atoms with van der Waals surface area (Å²) in [5.74, 6) is 1.00. The van der Waals surface area contributed by atoms with Gasteiger partial charge in [0.1, 0.15) is 11.4 Å². The van der Waals surface area contributed by atoms with Crippen LogP contribution in [0.25, 0.3) is 0 Å². The number of ether oxygens (including phenoxy) is 1. The van der Waals surface area contributed by atoms with E-state index < -0.39 is 0 Å². The number of nitrogens with one attached hydrogen (secondary N) is 1. The molecule has 150 valence electrons. The summed E-state index contributed by atoms with van der Waals surface area (Å²) in [4.78, 5) is 23.6. The molecule has 1 aromatic heterocycles. The number of aryl methyl sites for hydroxylation is 1. The molecule has 3 aromatic rings. The van der Waals surface area contributed by atoms with E-state index in [2.05, 4.69) is 15.3 Å². The van der Waals surface area contributed by atoms with Crippen LogP contribution in [-0.4, -0.2) is 29.0 Å². The second-order valence-electron chi connectivity index (χ2n) is 7.18. The van der Waals surface area contributed by atoms with E-state index in [1.54, 1.807) is 6.07 Å². The number of hydrogen-bond acceptors (Lipinski definition) is 5. The molecule has 0 aliphatic carbocycles. The molecule has 0 fully saturated rings. The molecule has 0 spiro atoms. The highest BCUT2D eigenvalue weighted by molar-refractivity contribution is 6.03. The van der Waals surface area contributed by atoms with Crippen molar-refractivity contribution in [2.75, 3.05) is 17.3 Å². The summed E-state index contributed by atoms with van der Waals surface area (Å²) in [6, 6.07) is 19.0. The Kier molecular flexibility index (Phi) is 6.44. The van der Waals surface area contributed by atoms with Crippen LogP contribution in [0.4, 0.5) is 11.6 Å². The van der Waals surface area contributed by atoms with Crippen molar-refractivity contribution in [1.82, 2.24) is 9.97 Å². The molecule has 0 saturated carbocycles. The standard InChI is InChI=1S/C23H26N4O2/c1-16(2)29-20-12-10-19(11-13-20)25-22(28)21-14-17(3)24-23(26-21)27(4)15-18-8-6-5-7-9-18/h5-14,16H,15H2,1-4H3,(H,25,28). The summed E-state index contributed by atoms with van der Waals surface area (Å²) in [7, 11) is 1.91. The van der Waals surface area contributed by atoms with E-state index >= 15 is 0 Å². The molecule has 6 heteroatoms. The van der Waals surface area contributed by atoms with E-state index in [0.29, 0.717) is 23.9 Å². The third-order valence-electron chi connectivity index (χ3n) is 4.16. The molecule has 1 heterocycles. The normalized spacial score (nSPS) is 10.7. The SMILES string of the molecule is Cc1cc(C(=O)Nc2ccc(OC(C)C)cc2)nc(N(C)Cc2ccccc2)n1. The van der Waals surface area contributed by atoms with Gasteiger partial charge < -0.3 is 15.0 Å². The number of rotatable bonds is 7. The van der Waals surface area contributed by atoms with Crippen LogP contribution in [0.2, 0.25) is 0 Å². The first-order valence-corrected chi connectivity index (χ1v) is 9.59. The van der Waals surface area contributed by atoms with Crippen molar-refractivity contribution in [1.29, 1.82) is 0 Å². The third-order valence-corrected chi connectivity index (χ3v) is 4.16. The molecule has 0 atom stereocenters. The number of anilines is 2. The fourth-order valence-electron chi connectivity index (χ4n) is 2.85. The van der Waals surface area contributed by atoms with Gasteiger partial charge in [0.15, 0.2) is 0 Å². The maximum atomic E-state index is 12.7. The highest BCUT2D eigenvalue weighted by Gasteiger charge is 2.14. The quantitative estimate of drug-likeness (QED) is 0.645. The van der Waals surface area contributed by atoms with Crippen molar-refractivity contribution < 1.29 is 9.53 Å². The first-order valence-electron chi connectivity index (χ1n) is 9.59. The molecule has 3 rings (SSSR count). The highest BCUT2D eigenvalue weighted by atomic mass is 16.5. The van der Waals surface area contributed by atoms with Gasteiger partial charge in [0.2, 0.25) is 5.95 Å². The summed E-state index contributed by atoms with van der Waals surface area (Å²) in [6.45, 7) is 6.46. The van der Waals surface area contributed by atoms with Gasteiger partial charge in [-0.1, -0.05) is 30.3 Å². The second kappa shape index (κ2) is 9.19. The van der Waals surface area contributed by atoms with Gasteiger partial charge in [-0.25, -0.2) is 9.97 Å². The van der Waals surface area contributed by atoms with Crippen LogP contribution in [-0.2, 0) is 6.54 Å². The zero-order valence-electron chi connectivity index (χ0n) is 17.2. The fraction of sp³-hybridized carbons (Fsp3) is 0.261. The van der Waals surface area contributed by atoms with E-state index in [1.165, 1.54) is 0 Å². The fourth-order valence-corrected chi connectivity index (χ4v) is 2.85. The Balaban J connectivity index is 1.72. The molecule has 0 radical (unpaired) electrons. The molecule has 1 N–H and O–H groups in total. The third kappa shape index (κ3) is 5.78.